The van der Waals surface area contributed by atoms with Gasteiger partial charge in [0.1, 0.15) is 5.60 Å². The first-order valence-corrected chi connectivity index (χ1v) is 6.66. The van der Waals surface area contributed by atoms with Crippen LogP contribution in [0.5, 0.6) is 0 Å². The highest BCUT2D eigenvalue weighted by Crippen LogP contribution is 2.13. The van der Waals surface area contributed by atoms with E-state index in [0.29, 0.717) is 13.0 Å². The Bertz CT molecular complexity index is 385. The maximum absolute atomic E-state index is 11.5. The van der Waals surface area contributed by atoms with Crippen molar-refractivity contribution in [2.45, 2.75) is 32.8 Å². The molecule has 0 aliphatic carbocycles. The summed E-state index contributed by atoms with van der Waals surface area (Å²) < 4.78 is 6.39. The number of rotatable bonds is 4. The molecule has 0 heterocycles. The molecular weight excluding hydrogens is 329 g/mol. The number of ether oxygens (including phenoxy) is 1. The van der Waals surface area contributed by atoms with Gasteiger partial charge in [-0.3, -0.25) is 4.79 Å². The lowest BCUT2D eigenvalue weighted by molar-refractivity contribution is -0.154. The van der Waals surface area contributed by atoms with Crippen molar-refractivity contribution in [1.82, 2.24) is 0 Å². The number of halogens is 1. The van der Waals surface area contributed by atoms with Gasteiger partial charge in [0.15, 0.2) is 0 Å². The molecule has 1 aromatic rings. The van der Waals surface area contributed by atoms with Crippen LogP contribution in [0.4, 0.5) is 5.69 Å². The van der Waals surface area contributed by atoms with Gasteiger partial charge in [0.25, 0.3) is 0 Å². The molecule has 0 aliphatic heterocycles. The lowest BCUT2D eigenvalue weighted by Crippen LogP contribution is -2.25. The molecule has 1 rings (SSSR count). The normalized spacial score (nSPS) is 11.1. The Morgan fingerprint density at radius 1 is 1.41 bits per heavy atom. The second-order valence-corrected chi connectivity index (χ2v) is 6.02. The van der Waals surface area contributed by atoms with E-state index in [-0.39, 0.29) is 5.97 Å². The highest BCUT2D eigenvalue weighted by Gasteiger charge is 2.15. The Morgan fingerprint density at radius 3 is 2.71 bits per heavy atom. The highest BCUT2D eigenvalue weighted by atomic mass is 127. The molecule has 17 heavy (non-hydrogen) atoms. The van der Waals surface area contributed by atoms with Crippen molar-refractivity contribution in [3.05, 3.63) is 27.8 Å². The lowest BCUT2D eigenvalue weighted by Gasteiger charge is -2.19. The minimum absolute atomic E-state index is 0.171. The second-order valence-electron chi connectivity index (χ2n) is 4.77. The van der Waals surface area contributed by atoms with Crippen LogP contribution >= 0.6 is 22.6 Å². The fourth-order valence-electron chi connectivity index (χ4n) is 1.30. The average molecular weight is 347 g/mol. The minimum Gasteiger partial charge on any atom is -0.460 e. The third-order valence-electron chi connectivity index (χ3n) is 1.90. The summed E-state index contributed by atoms with van der Waals surface area (Å²) in [5, 5.41) is 3.20. The van der Waals surface area contributed by atoms with E-state index in [9.17, 15) is 4.79 Å². The summed E-state index contributed by atoms with van der Waals surface area (Å²) in [6.07, 6.45) is 0.378. The van der Waals surface area contributed by atoms with Crippen LogP contribution in [0.1, 0.15) is 27.2 Å². The van der Waals surface area contributed by atoms with E-state index in [1.807, 2.05) is 45.0 Å². The minimum atomic E-state index is -0.404. The molecule has 1 aromatic carbocycles. The van der Waals surface area contributed by atoms with Crippen LogP contribution in [0.2, 0.25) is 0 Å². The zero-order chi connectivity index (χ0) is 12.9. The second kappa shape index (κ2) is 6.23. The molecule has 0 bridgehead atoms. The number of nitrogens with one attached hydrogen (secondary N) is 1. The van der Waals surface area contributed by atoms with Gasteiger partial charge in [-0.2, -0.15) is 0 Å². The van der Waals surface area contributed by atoms with Crippen molar-refractivity contribution >= 4 is 34.2 Å². The summed E-state index contributed by atoms with van der Waals surface area (Å²) in [4.78, 5) is 11.5. The maximum Gasteiger partial charge on any atom is 0.308 e. The summed E-state index contributed by atoms with van der Waals surface area (Å²) in [7, 11) is 0. The van der Waals surface area contributed by atoms with Crippen LogP contribution in [-0.2, 0) is 9.53 Å². The van der Waals surface area contributed by atoms with Crippen LogP contribution in [-0.4, -0.2) is 18.1 Å². The van der Waals surface area contributed by atoms with E-state index in [1.165, 1.54) is 3.57 Å². The summed E-state index contributed by atoms with van der Waals surface area (Å²) in [6.45, 7) is 6.21. The third-order valence-corrected chi connectivity index (χ3v) is 2.57. The van der Waals surface area contributed by atoms with E-state index in [4.69, 9.17) is 4.74 Å². The molecule has 0 fully saturated rings. The van der Waals surface area contributed by atoms with Crippen LogP contribution in [0.15, 0.2) is 24.3 Å². The Kier molecular flexibility index (Phi) is 5.24. The summed E-state index contributed by atoms with van der Waals surface area (Å²) in [5.41, 5.74) is 0.625. The summed E-state index contributed by atoms with van der Waals surface area (Å²) >= 11 is 2.26. The first-order valence-electron chi connectivity index (χ1n) is 5.58. The van der Waals surface area contributed by atoms with E-state index in [1.54, 1.807) is 0 Å². The monoisotopic (exact) mass is 347 g/mol. The lowest BCUT2D eigenvalue weighted by atomic mass is 10.2. The maximum atomic E-state index is 11.5. The van der Waals surface area contributed by atoms with Crippen LogP contribution in [0.25, 0.3) is 0 Å². The van der Waals surface area contributed by atoms with Crippen molar-refractivity contribution in [1.29, 1.82) is 0 Å². The highest BCUT2D eigenvalue weighted by molar-refractivity contribution is 14.1. The topological polar surface area (TPSA) is 38.3 Å². The first kappa shape index (κ1) is 14.3. The zero-order valence-corrected chi connectivity index (χ0v) is 12.6. The SMILES string of the molecule is CC(C)(C)OC(=O)CCNc1cccc(I)c1. The first-order chi connectivity index (χ1) is 7.87. The number of benzene rings is 1. The van der Waals surface area contributed by atoms with Gasteiger partial charge in [-0.25, -0.2) is 0 Å². The molecular formula is C13H18INO2. The van der Waals surface area contributed by atoms with Gasteiger partial charge in [0.05, 0.1) is 6.42 Å². The molecule has 0 unspecified atom stereocenters. The summed E-state index contributed by atoms with van der Waals surface area (Å²) in [5.74, 6) is -0.171. The van der Waals surface area contributed by atoms with Gasteiger partial charge in [-0.15, -0.1) is 0 Å². The standard InChI is InChI=1S/C13H18INO2/c1-13(2,3)17-12(16)7-8-15-11-6-4-5-10(14)9-11/h4-6,9,15H,7-8H2,1-3H3. The predicted molar refractivity (Wildman–Crippen MR) is 78.1 cm³/mol. The molecule has 4 heteroatoms. The van der Waals surface area contributed by atoms with E-state index in [2.05, 4.69) is 27.9 Å². The van der Waals surface area contributed by atoms with Gasteiger partial charge in [0.2, 0.25) is 0 Å². The van der Waals surface area contributed by atoms with Crippen molar-refractivity contribution < 1.29 is 9.53 Å². The molecule has 3 nitrogen and oxygen atoms in total. The molecule has 0 atom stereocenters. The molecule has 0 saturated heterocycles. The quantitative estimate of drug-likeness (QED) is 0.670. The van der Waals surface area contributed by atoms with Gasteiger partial charge in [-0.05, 0) is 61.6 Å². The molecule has 0 aromatic heterocycles. The smallest absolute Gasteiger partial charge is 0.308 e. The zero-order valence-electron chi connectivity index (χ0n) is 10.4. The Labute approximate surface area is 116 Å². The number of anilines is 1. The Morgan fingerprint density at radius 2 is 2.12 bits per heavy atom. The molecule has 0 radical (unpaired) electrons. The average Bonchev–Trinajstić information content (AvgIpc) is 2.14. The number of carbonyl (C=O) groups excluding carboxylic acids is 1. The largest absolute Gasteiger partial charge is 0.460 e. The summed E-state index contributed by atoms with van der Waals surface area (Å²) in [6, 6.07) is 8.03. The van der Waals surface area contributed by atoms with Gasteiger partial charge in [-0.1, -0.05) is 6.07 Å². The third kappa shape index (κ3) is 6.51. The molecule has 0 spiro atoms. The fraction of sp³-hybridized carbons (Fsp3) is 0.462. The van der Waals surface area contributed by atoms with Gasteiger partial charge < -0.3 is 10.1 Å². The molecule has 0 amide bonds. The number of esters is 1. The van der Waals surface area contributed by atoms with E-state index < -0.39 is 5.60 Å². The van der Waals surface area contributed by atoms with Crippen molar-refractivity contribution in [2.75, 3.05) is 11.9 Å². The van der Waals surface area contributed by atoms with E-state index in [0.717, 1.165) is 5.69 Å². The number of carbonyl (C=O) groups is 1. The molecule has 0 saturated carbocycles. The fourth-order valence-corrected chi connectivity index (χ4v) is 1.84. The van der Waals surface area contributed by atoms with Crippen molar-refractivity contribution in [3.63, 3.8) is 0 Å². The van der Waals surface area contributed by atoms with Crippen molar-refractivity contribution in [2.24, 2.45) is 0 Å². The van der Waals surface area contributed by atoms with Gasteiger partial charge in [0, 0.05) is 15.8 Å². The Hall–Kier alpha value is -0.780. The van der Waals surface area contributed by atoms with Crippen LogP contribution in [0.3, 0.4) is 0 Å². The van der Waals surface area contributed by atoms with Crippen LogP contribution in [0, 0.1) is 3.57 Å². The predicted octanol–water partition coefficient (Wildman–Crippen LogP) is 3.43. The molecule has 94 valence electrons. The number of hydrogen-bond acceptors (Lipinski definition) is 3. The van der Waals surface area contributed by atoms with Crippen LogP contribution < -0.4 is 5.32 Å². The van der Waals surface area contributed by atoms with E-state index >= 15 is 0 Å². The Balaban J connectivity index is 2.31. The van der Waals surface area contributed by atoms with Crippen molar-refractivity contribution in [3.8, 4) is 0 Å². The molecule has 1 N–H and O–H groups in total. The molecule has 0 aliphatic rings. The van der Waals surface area contributed by atoms with Gasteiger partial charge >= 0.3 is 5.97 Å². The number of hydrogen-bond donors (Lipinski definition) is 1.